The molecule has 4 nitrogen and oxygen atoms in total. The van der Waals surface area contributed by atoms with Crippen LogP contribution in [0.1, 0.15) is 36.8 Å². The molecule has 0 amide bonds. The number of hydrogen-bond donors (Lipinski definition) is 1. The lowest BCUT2D eigenvalue weighted by Gasteiger charge is -2.11. The van der Waals surface area contributed by atoms with E-state index in [9.17, 15) is 0 Å². The molecule has 1 N–H and O–H groups in total. The summed E-state index contributed by atoms with van der Waals surface area (Å²) in [6.45, 7) is 7.00. The fraction of sp³-hybridized carbons (Fsp3) is 0.533. The molecule has 1 aliphatic carbocycles. The molecule has 1 saturated carbocycles. The average molecular weight is 258 g/mol. The van der Waals surface area contributed by atoms with E-state index in [1.807, 2.05) is 0 Å². The van der Waals surface area contributed by atoms with Crippen LogP contribution >= 0.6 is 0 Å². The number of aromatic nitrogens is 3. The van der Waals surface area contributed by atoms with Gasteiger partial charge in [0, 0.05) is 31.0 Å². The van der Waals surface area contributed by atoms with Gasteiger partial charge in [-0.25, -0.2) is 0 Å². The van der Waals surface area contributed by atoms with E-state index in [2.05, 4.69) is 57.9 Å². The predicted molar refractivity (Wildman–Crippen MR) is 76.0 cm³/mol. The van der Waals surface area contributed by atoms with Crippen molar-refractivity contribution >= 4 is 0 Å². The van der Waals surface area contributed by atoms with Gasteiger partial charge in [-0.05, 0) is 44.9 Å². The number of aryl methyl sites for hydroxylation is 2. The maximum absolute atomic E-state index is 4.51. The molecule has 2 aromatic heterocycles. The molecule has 0 aromatic carbocycles. The van der Waals surface area contributed by atoms with Crippen molar-refractivity contribution in [3.8, 4) is 0 Å². The van der Waals surface area contributed by atoms with Gasteiger partial charge in [-0.15, -0.1) is 0 Å². The van der Waals surface area contributed by atoms with Crippen molar-refractivity contribution in [3.63, 3.8) is 0 Å². The van der Waals surface area contributed by atoms with Gasteiger partial charge in [0.1, 0.15) is 0 Å². The van der Waals surface area contributed by atoms with Gasteiger partial charge in [0.25, 0.3) is 0 Å². The molecule has 1 fully saturated rings. The first-order valence-corrected chi connectivity index (χ1v) is 7.17. The number of nitrogens with zero attached hydrogens (tertiary/aromatic N) is 3. The summed E-state index contributed by atoms with van der Waals surface area (Å²) in [6, 6.07) is 7.27. The first-order valence-electron chi connectivity index (χ1n) is 7.17. The molecule has 0 spiro atoms. The van der Waals surface area contributed by atoms with Gasteiger partial charge in [-0.3, -0.25) is 4.68 Å². The van der Waals surface area contributed by atoms with E-state index in [1.54, 1.807) is 0 Å². The van der Waals surface area contributed by atoms with Crippen LogP contribution in [0, 0.1) is 6.92 Å². The van der Waals surface area contributed by atoms with E-state index in [1.165, 1.54) is 24.2 Å². The lowest BCUT2D eigenvalue weighted by atomic mass is 10.3. The van der Waals surface area contributed by atoms with Crippen LogP contribution in [0.15, 0.2) is 24.4 Å². The third-order valence-electron chi connectivity index (χ3n) is 3.69. The monoisotopic (exact) mass is 258 g/mol. The maximum atomic E-state index is 4.51. The van der Waals surface area contributed by atoms with Crippen LogP contribution in [0.5, 0.6) is 0 Å². The molecule has 0 atom stereocenters. The minimum atomic E-state index is 0.756. The van der Waals surface area contributed by atoms with Crippen molar-refractivity contribution in [2.75, 3.05) is 0 Å². The summed E-state index contributed by atoms with van der Waals surface area (Å²) in [7, 11) is 0. The second kappa shape index (κ2) is 5.21. The first-order chi connectivity index (χ1) is 9.26. The van der Waals surface area contributed by atoms with Crippen LogP contribution in [-0.2, 0) is 19.6 Å². The van der Waals surface area contributed by atoms with Crippen molar-refractivity contribution in [2.45, 2.75) is 52.4 Å². The molecule has 0 aliphatic heterocycles. The summed E-state index contributed by atoms with van der Waals surface area (Å²) in [4.78, 5) is 0. The van der Waals surface area contributed by atoms with Crippen LogP contribution in [0.2, 0.25) is 0 Å². The van der Waals surface area contributed by atoms with Crippen LogP contribution in [-0.4, -0.2) is 20.4 Å². The van der Waals surface area contributed by atoms with Crippen molar-refractivity contribution in [2.24, 2.45) is 0 Å². The SMILES string of the molecule is CCn1nc(C)cc1Cn1cccc1CNC1CC1. The largest absolute Gasteiger partial charge is 0.344 e. The molecule has 102 valence electrons. The molecule has 4 heteroatoms. The zero-order valence-electron chi connectivity index (χ0n) is 11.8. The Bertz CT molecular complexity index is 548. The van der Waals surface area contributed by atoms with E-state index in [0.29, 0.717) is 0 Å². The topological polar surface area (TPSA) is 34.8 Å². The Labute approximate surface area is 114 Å². The van der Waals surface area contributed by atoms with Crippen molar-refractivity contribution in [3.05, 3.63) is 41.5 Å². The summed E-state index contributed by atoms with van der Waals surface area (Å²) >= 11 is 0. The Morgan fingerprint density at radius 1 is 1.37 bits per heavy atom. The molecule has 0 saturated heterocycles. The molecule has 1 aliphatic rings. The van der Waals surface area contributed by atoms with Gasteiger partial charge in [0.15, 0.2) is 0 Å². The van der Waals surface area contributed by atoms with Gasteiger partial charge in [-0.1, -0.05) is 0 Å². The Balaban J connectivity index is 1.72. The normalized spacial score (nSPS) is 15.1. The molecule has 19 heavy (non-hydrogen) atoms. The number of hydrogen-bond acceptors (Lipinski definition) is 2. The quantitative estimate of drug-likeness (QED) is 0.863. The maximum Gasteiger partial charge on any atom is 0.0642 e. The van der Waals surface area contributed by atoms with E-state index in [4.69, 9.17) is 0 Å². The van der Waals surface area contributed by atoms with E-state index < -0.39 is 0 Å². The second-order valence-electron chi connectivity index (χ2n) is 5.38. The highest BCUT2D eigenvalue weighted by Crippen LogP contribution is 2.19. The molecule has 0 unspecified atom stereocenters. The van der Waals surface area contributed by atoms with Crippen LogP contribution in [0.4, 0.5) is 0 Å². The summed E-state index contributed by atoms with van der Waals surface area (Å²) in [5.41, 5.74) is 3.74. The summed E-state index contributed by atoms with van der Waals surface area (Å²) in [6.07, 6.45) is 4.83. The zero-order chi connectivity index (χ0) is 13.2. The highest BCUT2D eigenvalue weighted by atomic mass is 15.3. The smallest absolute Gasteiger partial charge is 0.0642 e. The summed E-state index contributed by atoms with van der Waals surface area (Å²) in [5.74, 6) is 0. The fourth-order valence-corrected chi connectivity index (χ4v) is 2.48. The molecule has 2 heterocycles. The molecule has 3 rings (SSSR count). The van der Waals surface area contributed by atoms with Crippen molar-refractivity contribution in [1.82, 2.24) is 19.7 Å². The van der Waals surface area contributed by atoms with E-state index in [0.717, 1.165) is 31.4 Å². The van der Waals surface area contributed by atoms with Gasteiger partial charge < -0.3 is 9.88 Å². The lowest BCUT2D eigenvalue weighted by Crippen LogP contribution is -2.18. The van der Waals surface area contributed by atoms with Crippen molar-refractivity contribution < 1.29 is 0 Å². The zero-order valence-corrected chi connectivity index (χ0v) is 11.8. The van der Waals surface area contributed by atoms with E-state index in [-0.39, 0.29) is 0 Å². The van der Waals surface area contributed by atoms with Crippen molar-refractivity contribution in [1.29, 1.82) is 0 Å². The minimum absolute atomic E-state index is 0.756. The highest BCUT2D eigenvalue weighted by molar-refractivity contribution is 5.14. The van der Waals surface area contributed by atoms with Gasteiger partial charge in [0.05, 0.1) is 17.9 Å². The molecule has 2 aromatic rings. The summed E-state index contributed by atoms with van der Waals surface area (Å²) in [5, 5.41) is 8.09. The average Bonchev–Trinajstić information content (AvgIpc) is 3.02. The Hall–Kier alpha value is -1.55. The Morgan fingerprint density at radius 2 is 2.21 bits per heavy atom. The predicted octanol–water partition coefficient (Wildman–Crippen LogP) is 2.31. The van der Waals surface area contributed by atoms with E-state index >= 15 is 0 Å². The first kappa shape index (κ1) is 12.5. The Kier molecular flexibility index (Phi) is 3.42. The second-order valence-corrected chi connectivity index (χ2v) is 5.38. The van der Waals surface area contributed by atoms with Crippen LogP contribution < -0.4 is 5.32 Å². The molecular formula is C15H22N4. The Morgan fingerprint density at radius 3 is 2.95 bits per heavy atom. The minimum Gasteiger partial charge on any atom is -0.344 e. The van der Waals surface area contributed by atoms with Gasteiger partial charge >= 0.3 is 0 Å². The molecule has 0 bridgehead atoms. The molecular weight excluding hydrogens is 236 g/mol. The number of nitrogens with one attached hydrogen (secondary N) is 1. The van der Waals surface area contributed by atoms with Crippen LogP contribution in [0.25, 0.3) is 0 Å². The summed E-state index contributed by atoms with van der Waals surface area (Å²) < 4.78 is 4.41. The fourth-order valence-electron chi connectivity index (χ4n) is 2.48. The third-order valence-corrected chi connectivity index (χ3v) is 3.69. The molecule has 0 radical (unpaired) electrons. The third kappa shape index (κ3) is 2.89. The lowest BCUT2D eigenvalue weighted by molar-refractivity contribution is 0.579. The van der Waals surface area contributed by atoms with Gasteiger partial charge in [-0.2, -0.15) is 5.10 Å². The number of rotatable bonds is 6. The standard InChI is InChI=1S/C15H22N4/c1-3-19-15(9-12(2)17-19)11-18-8-4-5-14(18)10-16-13-6-7-13/h4-5,8-9,13,16H,3,6-7,10-11H2,1-2H3. The highest BCUT2D eigenvalue weighted by Gasteiger charge is 2.20. The van der Waals surface area contributed by atoms with Crippen LogP contribution in [0.3, 0.4) is 0 Å². The van der Waals surface area contributed by atoms with Gasteiger partial charge in [0.2, 0.25) is 0 Å².